The Morgan fingerprint density at radius 2 is 1.91 bits per heavy atom. The summed E-state index contributed by atoms with van der Waals surface area (Å²) < 4.78 is 6.27. The predicted molar refractivity (Wildman–Crippen MR) is 89.2 cm³/mol. The van der Waals surface area contributed by atoms with Gasteiger partial charge in [-0.05, 0) is 52.3 Å². The zero-order valence-corrected chi connectivity index (χ0v) is 13.4. The van der Waals surface area contributed by atoms with Gasteiger partial charge >= 0.3 is 0 Å². The van der Waals surface area contributed by atoms with Crippen molar-refractivity contribution in [3.8, 4) is 17.1 Å². The third-order valence-electron chi connectivity index (χ3n) is 2.98. The summed E-state index contributed by atoms with van der Waals surface area (Å²) in [6.07, 6.45) is 3.46. The van der Waals surface area contributed by atoms with Crippen LogP contribution in [0.25, 0.3) is 11.4 Å². The molecular weight excluding hydrogens is 344 g/mol. The predicted octanol–water partition coefficient (Wildman–Crippen LogP) is 4.05. The van der Waals surface area contributed by atoms with E-state index >= 15 is 0 Å². The molecule has 3 aromatic heterocycles. The van der Waals surface area contributed by atoms with Crippen molar-refractivity contribution in [2.45, 2.75) is 0 Å². The number of hydrogen-bond donors (Lipinski definition) is 1. The molecule has 0 bridgehead atoms. The van der Waals surface area contributed by atoms with E-state index in [1.54, 1.807) is 19.5 Å². The molecule has 22 heavy (non-hydrogen) atoms. The van der Waals surface area contributed by atoms with Gasteiger partial charge < -0.3 is 10.1 Å². The van der Waals surface area contributed by atoms with Gasteiger partial charge in [0.05, 0.1) is 18.5 Å². The average Bonchev–Trinajstić information content (AvgIpc) is 2.58. The second kappa shape index (κ2) is 6.53. The van der Waals surface area contributed by atoms with Gasteiger partial charge in [0.15, 0.2) is 11.6 Å². The second-order valence-electron chi connectivity index (χ2n) is 4.45. The van der Waals surface area contributed by atoms with Crippen LogP contribution in [0, 0.1) is 0 Å². The summed E-state index contributed by atoms with van der Waals surface area (Å²) in [6.45, 7) is 0. The lowest BCUT2D eigenvalue weighted by Crippen LogP contribution is -2.00. The van der Waals surface area contributed by atoms with E-state index in [4.69, 9.17) is 4.74 Å². The van der Waals surface area contributed by atoms with E-state index in [-0.39, 0.29) is 0 Å². The van der Waals surface area contributed by atoms with Crippen LogP contribution in [0.3, 0.4) is 0 Å². The zero-order valence-electron chi connectivity index (χ0n) is 11.8. The van der Waals surface area contributed by atoms with E-state index < -0.39 is 0 Å². The highest BCUT2D eigenvalue weighted by atomic mass is 79.9. The molecule has 110 valence electrons. The van der Waals surface area contributed by atoms with Crippen LogP contribution < -0.4 is 10.1 Å². The van der Waals surface area contributed by atoms with Gasteiger partial charge in [0, 0.05) is 16.9 Å². The first-order valence-electron chi connectivity index (χ1n) is 6.61. The van der Waals surface area contributed by atoms with Gasteiger partial charge in [0.25, 0.3) is 0 Å². The summed E-state index contributed by atoms with van der Waals surface area (Å²) in [5, 5.41) is 3.16. The summed E-state index contributed by atoms with van der Waals surface area (Å²) in [7, 11) is 1.61. The highest BCUT2D eigenvalue weighted by molar-refractivity contribution is 9.10. The van der Waals surface area contributed by atoms with Crippen LogP contribution in [0.4, 0.5) is 11.6 Å². The molecule has 0 aliphatic rings. The second-order valence-corrected chi connectivity index (χ2v) is 5.36. The van der Waals surface area contributed by atoms with Crippen LogP contribution in [0.5, 0.6) is 5.75 Å². The van der Waals surface area contributed by atoms with Gasteiger partial charge in [-0.15, -0.1) is 0 Å². The number of rotatable bonds is 4. The summed E-state index contributed by atoms with van der Waals surface area (Å²) in [4.78, 5) is 13.2. The number of pyridine rings is 3. The molecule has 0 aromatic carbocycles. The van der Waals surface area contributed by atoms with Gasteiger partial charge in [-0.2, -0.15) is 0 Å². The van der Waals surface area contributed by atoms with E-state index in [0.29, 0.717) is 17.4 Å². The average molecular weight is 357 g/mol. The molecule has 6 heteroatoms. The van der Waals surface area contributed by atoms with Gasteiger partial charge in [-0.1, -0.05) is 6.07 Å². The van der Waals surface area contributed by atoms with E-state index in [0.717, 1.165) is 15.9 Å². The van der Waals surface area contributed by atoms with E-state index in [1.807, 2.05) is 42.5 Å². The number of aromatic nitrogens is 3. The van der Waals surface area contributed by atoms with Crippen molar-refractivity contribution in [2.24, 2.45) is 0 Å². The van der Waals surface area contributed by atoms with Gasteiger partial charge in [-0.3, -0.25) is 4.98 Å². The van der Waals surface area contributed by atoms with Crippen molar-refractivity contribution in [3.05, 3.63) is 59.3 Å². The molecule has 3 rings (SSSR count). The fourth-order valence-electron chi connectivity index (χ4n) is 1.93. The SMILES string of the molecule is COc1ccc(-c2ccccn2)nc1Nc1ccc(Br)cn1. The number of nitrogens with one attached hydrogen (secondary N) is 1. The first-order chi connectivity index (χ1) is 10.8. The van der Waals surface area contributed by atoms with Crippen LogP contribution in [-0.2, 0) is 0 Å². The highest BCUT2D eigenvalue weighted by Crippen LogP contribution is 2.28. The molecule has 0 radical (unpaired) electrons. The highest BCUT2D eigenvalue weighted by Gasteiger charge is 2.09. The minimum Gasteiger partial charge on any atom is -0.493 e. The fourth-order valence-corrected chi connectivity index (χ4v) is 2.16. The summed E-state index contributed by atoms with van der Waals surface area (Å²) in [5.41, 5.74) is 1.57. The Kier molecular flexibility index (Phi) is 4.29. The van der Waals surface area contributed by atoms with Crippen LogP contribution in [0.1, 0.15) is 0 Å². The maximum absolute atomic E-state index is 5.35. The lowest BCUT2D eigenvalue weighted by molar-refractivity contribution is 0.415. The Balaban J connectivity index is 1.96. The monoisotopic (exact) mass is 356 g/mol. The molecule has 1 N–H and O–H groups in total. The van der Waals surface area contributed by atoms with Crippen LogP contribution in [0.15, 0.2) is 59.3 Å². The number of anilines is 2. The van der Waals surface area contributed by atoms with Crippen molar-refractivity contribution < 1.29 is 4.74 Å². The third kappa shape index (κ3) is 3.23. The normalized spacial score (nSPS) is 10.3. The van der Waals surface area contributed by atoms with Crippen molar-refractivity contribution >= 4 is 27.6 Å². The molecule has 3 aromatic rings. The number of nitrogens with zero attached hydrogens (tertiary/aromatic N) is 3. The van der Waals surface area contributed by atoms with Crippen molar-refractivity contribution in [1.82, 2.24) is 15.0 Å². The van der Waals surface area contributed by atoms with E-state index in [1.165, 1.54) is 0 Å². The zero-order chi connectivity index (χ0) is 15.4. The Bertz CT molecular complexity index is 763. The number of halogens is 1. The first-order valence-corrected chi connectivity index (χ1v) is 7.40. The molecule has 5 nitrogen and oxygen atoms in total. The third-order valence-corrected chi connectivity index (χ3v) is 3.45. The quantitative estimate of drug-likeness (QED) is 0.763. The Labute approximate surface area is 136 Å². The molecule has 0 aliphatic carbocycles. The van der Waals surface area contributed by atoms with E-state index in [9.17, 15) is 0 Å². The summed E-state index contributed by atoms with van der Waals surface area (Å²) in [5.74, 6) is 1.93. The first kappa shape index (κ1) is 14.5. The Morgan fingerprint density at radius 3 is 2.59 bits per heavy atom. The molecule has 0 saturated heterocycles. The molecule has 3 heterocycles. The Hall–Kier alpha value is -2.47. The van der Waals surface area contributed by atoms with Crippen molar-refractivity contribution in [3.63, 3.8) is 0 Å². The van der Waals surface area contributed by atoms with Gasteiger partial charge in [-0.25, -0.2) is 9.97 Å². The molecule has 0 unspecified atom stereocenters. The smallest absolute Gasteiger partial charge is 0.175 e. The molecular formula is C16H13BrN4O. The van der Waals surface area contributed by atoms with Gasteiger partial charge in [0.2, 0.25) is 0 Å². The fraction of sp³-hybridized carbons (Fsp3) is 0.0625. The van der Waals surface area contributed by atoms with Gasteiger partial charge in [0.1, 0.15) is 5.82 Å². The summed E-state index contributed by atoms with van der Waals surface area (Å²) >= 11 is 3.36. The minimum atomic E-state index is 0.598. The molecule has 0 aliphatic heterocycles. The lowest BCUT2D eigenvalue weighted by Gasteiger charge is -2.11. The lowest BCUT2D eigenvalue weighted by atomic mass is 10.2. The number of hydrogen-bond acceptors (Lipinski definition) is 5. The maximum atomic E-state index is 5.35. The number of ether oxygens (including phenoxy) is 1. The largest absolute Gasteiger partial charge is 0.493 e. The van der Waals surface area contributed by atoms with Crippen LogP contribution >= 0.6 is 15.9 Å². The number of methoxy groups -OCH3 is 1. The Morgan fingerprint density at radius 1 is 1.00 bits per heavy atom. The standard InChI is InChI=1S/C16H13BrN4O/c1-22-14-7-6-13(12-4-2-3-9-18-12)20-16(14)21-15-8-5-11(17)10-19-15/h2-10H,1H3,(H,19,20,21). The van der Waals surface area contributed by atoms with Crippen LogP contribution in [-0.4, -0.2) is 22.1 Å². The molecule has 0 amide bonds. The molecule has 0 spiro atoms. The molecule has 0 atom stereocenters. The minimum absolute atomic E-state index is 0.598. The van der Waals surface area contributed by atoms with Crippen molar-refractivity contribution in [2.75, 3.05) is 12.4 Å². The van der Waals surface area contributed by atoms with Crippen LogP contribution in [0.2, 0.25) is 0 Å². The summed E-state index contributed by atoms with van der Waals surface area (Å²) in [6, 6.07) is 13.2. The molecule has 0 fully saturated rings. The molecule has 0 saturated carbocycles. The topological polar surface area (TPSA) is 59.9 Å². The van der Waals surface area contributed by atoms with E-state index in [2.05, 4.69) is 36.2 Å². The van der Waals surface area contributed by atoms with Crippen molar-refractivity contribution in [1.29, 1.82) is 0 Å². The maximum Gasteiger partial charge on any atom is 0.175 e.